The molecule has 6 nitrogen and oxygen atoms in total. The number of benzene rings is 1. The summed E-state index contributed by atoms with van der Waals surface area (Å²) in [6.45, 7) is 4.74. The molecule has 1 aromatic carbocycles. The van der Waals surface area contributed by atoms with E-state index >= 15 is 0 Å². The second kappa shape index (κ2) is 9.74. The van der Waals surface area contributed by atoms with Crippen molar-refractivity contribution in [1.29, 1.82) is 0 Å². The van der Waals surface area contributed by atoms with Gasteiger partial charge in [-0.1, -0.05) is 6.07 Å². The fourth-order valence-corrected chi connectivity index (χ4v) is 4.45. The van der Waals surface area contributed by atoms with E-state index < -0.39 is 0 Å². The number of carbonyl (C=O) groups excluding carboxylic acids is 1. The minimum absolute atomic E-state index is 0.153. The zero-order chi connectivity index (χ0) is 19.1. The molecule has 1 unspecified atom stereocenters. The van der Waals surface area contributed by atoms with E-state index in [-0.39, 0.29) is 12.4 Å². The van der Waals surface area contributed by atoms with Crippen LogP contribution in [0.1, 0.15) is 48.9 Å². The first kappa shape index (κ1) is 19.7. The van der Waals surface area contributed by atoms with E-state index in [2.05, 4.69) is 4.90 Å². The van der Waals surface area contributed by atoms with Crippen LogP contribution in [-0.2, 0) is 4.79 Å². The molecule has 1 N–H and O–H groups in total. The first-order chi connectivity index (χ1) is 13.2. The molecule has 2 bridgehead atoms. The third kappa shape index (κ3) is 5.22. The number of fused-ring (bicyclic) bond motifs is 3. The van der Waals surface area contributed by atoms with Gasteiger partial charge in [0.15, 0.2) is 0 Å². The lowest BCUT2D eigenvalue weighted by Gasteiger charge is -2.45. The SMILES string of the molecule is O=C(c1cccc(OCC2CC3CCN2CC3)c1)N1CCCCC1.O=CO. The number of rotatable bonds is 4. The third-order valence-electron chi connectivity index (χ3n) is 5.94. The van der Waals surface area contributed by atoms with Crippen molar-refractivity contribution < 1.29 is 19.4 Å². The molecule has 0 spiro atoms. The summed E-state index contributed by atoms with van der Waals surface area (Å²) in [5, 5.41) is 6.89. The van der Waals surface area contributed by atoms with Crippen LogP contribution >= 0.6 is 0 Å². The molecule has 4 aliphatic rings. The van der Waals surface area contributed by atoms with Gasteiger partial charge in [-0.2, -0.15) is 0 Å². The maximum absolute atomic E-state index is 12.6. The van der Waals surface area contributed by atoms with Crippen LogP contribution in [0.15, 0.2) is 24.3 Å². The number of hydrogen-bond donors (Lipinski definition) is 1. The molecule has 1 aromatic rings. The van der Waals surface area contributed by atoms with E-state index in [1.807, 2.05) is 29.2 Å². The largest absolute Gasteiger partial charge is 0.492 e. The van der Waals surface area contributed by atoms with Crippen LogP contribution in [0.5, 0.6) is 5.75 Å². The monoisotopic (exact) mass is 374 g/mol. The zero-order valence-electron chi connectivity index (χ0n) is 15.9. The summed E-state index contributed by atoms with van der Waals surface area (Å²) in [7, 11) is 0. The topological polar surface area (TPSA) is 70.1 Å². The van der Waals surface area contributed by atoms with Gasteiger partial charge < -0.3 is 14.7 Å². The van der Waals surface area contributed by atoms with Gasteiger partial charge in [-0.05, 0) is 75.7 Å². The summed E-state index contributed by atoms with van der Waals surface area (Å²) >= 11 is 0. The molecule has 0 radical (unpaired) electrons. The van der Waals surface area contributed by atoms with E-state index in [4.69, 9.17) is 14.6 Å². The van der Waals surface area contributed by atoms with Gasteiger partial charge in [-0.25, -0.2) is 0 Å². The smallest absolute Gasteiger partial charge is 0.290 e. The second-order valence-corrected chi connectivity index (χ2v) is 7.67. The van der Waals surface area contributed by atoms with E-state index in [0.717, 1.165) is 49.8 Å². The third-order valence-corrected chi connectivity index (χ3v) is 5.94. The molecule has 4 heterocycles. The minimum Gasteiger partial charge on any atom is -0.492 e. The molecule has 6 heteroatoms. The van der Waals surface area contributed by atoms with Crippen molar-refractivity contribution in [3.63, 3.8) is 0 Å². The fraction of sp³-hybridized carbons (Fsp3) is 0.619. The van der Waals surface area contributed by atoms with Crippen LogP contribution in [0.2, 0.25) is 0 Å². The normalized spacial score (nSPS) is 26.7. The average molecular weight is 374 g/mol. The van der Waals surface area contributed by atoms with Crippen molar-refractivity contribution in [2.24, 2.45) is 5.92 Å². The first-order valence-electron chi connectivity index (χ1n) is 10.1. The molecule has 0 aromatic heterocycles. The lowest BCUT2D eigenvalue weighted by atomic mass is 9.83. The quantitative estimate of drug-likeness (QED) is 0.821. The number of amides is 1. The number of likely N-dealkylation sites (tertiary alicyclic amines) is 1. The van der Waals surface area contributed by atoms with Gasteiger partial charge in [0.05, 0.1) is 0 Å². The van der Waals surface area contributed by atoms with Gasteiger partial charge in [-0.15, -0.1) is 0 Å². The predicted octanol–water partition coefficient (Wildman–Crippen LogP) is 2.88. The highest BCUT2D eigenvalue weighted by atomic mass is 16.5. The summed E-state index contributed by atoms with van der Waals surface area (Å²) < 4.78 is 6.06. The van der Waals surface area contributed by atoms with Gasteiger partial charge >= 0.3 is 0 Å². The van der Waals surface area contributed by atoms with Crippen LogP contribution in [0, 0.1) is 5.92 Å². The van der Waals surface area contributed by atoms with Crippen molar-refractivity contribution in [2.75, 3.05) is 32.8 Å². The van der Waals surface area contributed by atoms with E-state index in [0.29, 0.717) is 6.04 Å². The molecule has 1 amide bonds. The van der Waals surface area contributed by atoms with Gasteiger partial charge in [0.25, 0.3) is 12.4 Å². The highest BCUT2D eigenvalue weighted by Gasteiger charge is 2.33. The summed E-state index contributed by atoms with van der Waals surface area (Å²) in [4.78, 5) is 25.5. The Hall–Kier alpha value is -2.08. The lowest BCUT2D eigenvalue weighted by molar-refractivity contribution is -0.122. The van der Waals surface area contributed by atoms with Crippen LogP contribution in [-0.4, -0.2) is 66.1 Å². The molecule has 148 valence electrons. The van der Waals surface area contributed by atoms with Crippen molar-refractivity contribution in [2.45, 2.75) is 44.6 Å². The van der Waals surface area contributed by atoms with Crippen LogP contribution in [0.4, 0.5) is 0 Å². The molecular formula is C21H30N2O4. The Bertz CT molecular complexity index is 622. The summed E-state index contributed by atoms with van der Waals surface area (Å²) in [6.07, 6.45) is 7.48. The highest BCUT2D eigenvalue weighted by molar-refractivity contribution is 5.94. The maximum Gasteiger partial charge on any atom is 0.290 e. The van der Waals surface area contributed by atoms with Crippen molar-refractivity contribution in [1.82, 2.24) is 9.80 Å². The fourth-order valence-electron chi connectivity index (χ4n) is 4.45. The number of carbonyl (C=O) groups is 2. The van der Waals surface area contributed by atoms with E-state index in [9.17, 15) is 4.79 Å². The highest BCUT2D eigenvalue weighted by Crippen LogP contribution is 2.32. The number of hydrogen-bond acceptors (Lipinski definition) is 4. The number of ether oxygens (including phenoxy) is 1. The molecule has 0 saturated carbocycles. The molecule has 0 aliphatic carbocycles. The number of nitrogens with zero attached hydrogens (tertiary/aromatic N) is 2. The summed E-state index contributed by atoms with van der Waals surface area (Å²) in [5.74, 6) is 1.89. The van der Waals surface area contributed by atoms with Gasteiger partial charge in [0.1, 0.15) is 12.4 Å². The van der Waals surface area contributed by atoms with Crippen molar-refractivity contribution >= 4 is 12.4 Å². The van der Waals surface area contributed by atoms with Crippen molar-refractivity contribution in [3.8, 4) is 5.75 Å². The Morgan fingerprint density at radius 3 is 2.48 bits per heavy atom. The maximum atomic E-state index is 12.6. The molecule has 4 fully saturated rings. The Balaban J connectivity index is 0.000000659. The average Bonchev–Trinajstić information content (AvgIpc) is 2.74. The van der Waals surface area contributed by atoms with E-state index in [1.165, 1.54) is 38.8 Å². The standard InChI is InChI=1S/C20H28N2O2.CH2O2/c23-20(22-9-2-1-3-10-22)17-5-4-6-19(14-17)24-15-18-13-16-7-11-21(18)12-8-16;2-1-3/h4-6,14,16,18H,1-3,7-13,15H2;1H,(H,2,3). The molecule has 5 rings (SSSR count). The van der Waals surface area contributed by atoms with E-state index in [1.54, 1.807) is 0 Å². The molecule has 4 saturated heterocycles. The summed E-state index contributed by atoms with van der Waals surface area (Å²) in [6, 6.07) is 8.31. The predicted molar refractivity (Wildman–Crippen MR) is 103 cm³/mol. The minimum atomic E-state index is -0.250. The Morgan fingerprint density at radius 2 is 1.85 bits per heavy atom. The van der Waals surface area contributed by atoms with Crippen LogP contribution in [0.25, 0.3) is 0 Å². The molecule has 4 aliphatic heterocycles. The Kier molecular flexibility index (Phi) is 7.10. The zero-order valence-corrected chi connectivity index (χ0v) is 15.9. The molecule has 1 atom stereocenters. The van der Waals surface area contributed by atoms with Crippen molar-refractivity contribution in [3.05, 3.63) is 29.8 Å². The Morgan fingerprint density at radius 1 is 1.15 bits per heavy atom. The lowest BCUT2D eigenvalue weighted by Crippen LogP contribution is -2.51. The first-order valence-corrected chi connectivity index (χ1v) is 10.1. The van der Waals surface area contributed by atoms with Gasteiger partial charge in [0, 0.05) is 24.7 Å². The number of carboxylic acid groups (broad SMARTS) is 1. The van der Waals surface area contributed by atoms with Gasteiger partial charge in [-0.3, -0.25) is 14.5 Å². The Labute approximate surface area is 161 Å². The second-order valence-electron chi connectivity index (χ2n) is 7.67. The molecular weight excluding hydrogens is 344 g/mol. The van der Waals surface area contributed by atoms with Crippen LogP contribution < -0.4 is 4.74 Å². The summed E-state index contributed by atoms with van der Waals surface area (Å²) in [5.41, 5.74) is 0.764. The number of piperidine rings is 4. The molecule has 27 heavy (non-hydrogen) atoms. The van der Waals surface area contributed by atoms with Crippen LogP contribution in [0.3, 0.4) is 0 Å². The van der Waals surface area contributed by atoms with Gasteiger partial charge in [0.2, 0.25) is 0 Å².